The van der Waals surface area contributed by atoms with Crippen LogP contribution in [0.25, 0.3) is 0 Å². The van der Waals surface area contributed by atoms with Crippen molar-refractivity contribution >= 4 is 21.7 Å². The second kappa shape index (κ2) is 6.71. The lowest BCUT2D eigenvalue weighted by molar-refractivity contribution is -0.136. The molecule has 20 heavy (non-hydrogen) atoms. The van der Waals surface area contributed by atoms with E-state index in [1.54, 1.807) is 0 Å². The molecule has 0 aliphatic carbocycles. The van der Waals surface area contributed by atoms with Gasteiger partial charge in [0, 0.05) is 33.4 Å². The van der Waals surface area contributed by atoms with Crippen molar-refractivity contribution in [3.63, 3.8) is 0 Å². The molecule has 1 N–H and O–H groups in total. The van der Waals surface area contributed by atoms with Gasteiger partial charge in [0.2, 0.25) is 10.0 Å². The highest BCUT2D eigenvalue weighted by Gasteiger charge is 2.19. The van der Waals surface area contributed by atoms with E-state index in [0.717, 1.165) is 11.3 Å². The van der Waals surface area contributed by atoms with E-state index in [-0.39, 0.29) is 18.7 Å². The number of rotatable bonds is 7. The molecule has 0 aliphatic rings. The van der Waals surface area contributed by atoms with Crippen molar-refractivity contribution in [3.8, 4) is 0 Å². The zero-order valence-electron chi connectivity index (χ0n) is 11.9. The van der Waals surface area contributed by atoms with Crippen molar-refractivity contribution in [2.75, 3.05) is 31.8 Å². The normalized spacial score (nSPS) is 11.6. The first-order chi connectivity index (χ1) is 9.22. The second-order valence-corrected chi connectivity index (χ2v) is 6.97. The van der Waals surface area contributed by atoms with Gasteiger partial charge in [-0.05, 0) is 17.7 Å². The van der Waals surface area contributed by atoms with Gasteiger partial charge in [-0.1, -0.05) is 12.1 Å². The largest absolute Gasteiger partial charge is 0.481 e. The maximum absolute atomic E-state index is 11.9. The fraction of sp³-hybridized carbons (Fsp3) is 0.462. The molecule has 1 aromatic rings. The summed E-state index contributed by atoms with van der Waals surface area (Å²) in [6.45, 7) is 0.232. The van der Waals surface area contributed by atoms with E-state index in [2.05, 4.69) is 0 Å². The summed E-state index contributed by atoms with van der Waals surface area (Å²) in [5.74, 6) is -1.49. The molecule has 0 radical (unpaired) electrons. The van der Waals surface area contributed by atoms with Crippen LogP contribution in [-0.4, -0.2) is 50.7 Å². The molecule has 0 fully saturated rings. The molecule has 0 saturated carbocycles. The first-order valence-electron chi connectivity index (χ1n) is 6.14. The quantitative estimate of drug-likeness (QED) is 0.812. The molecule has 1 rings (SSSR count). The van der Waals surface area contributed by atoms with Crippen molar-refractivity contribution in [2.24, 2.45) is 0 Å². The van der Waals surface area contributed by atoms with Gasteiger partial charge < -0.3 is 10.0 Å². The molecular weight excluding hydrogens is 280 g/mol. The number of hydrogen-bond donors (Lipinski definition) is 1. The van der Waals surface area contributed by atoms with Gasteiger partial charge in [-0.15, -0.1) is 0 Å². The predicted octanol–water partition coefficient (Wildman–Crippen LogP) is 0.989. The van der Waals surface area contributed by atoms with Gasteiger partial charge in [0.15, 0.2) is 0 Å². The average molecular weight is 300 g/mol. The van der Waals surface area contributed by atoms with Crippen LogP contribution in [0.15, 0.2) is 24.3 Å². The fourth-order valence-electron chi connectivity index (χ4n) is 1.63. The molecule has 0 bridgehead atoms. The summed E-state index contributed by atoms with van der Waals surface area (Å²) >= 11 is 0. The van der Waals surface area contributed by atoms with Crippen molar-refractivity contribution < 1.29 is 18.3 Å². The van der Waals surface area contributed by atoms with Crippen LogP contribution in [0.4, 0.5) is 5.69 Å². The molecule has 0 aliphatic heterocycles. The minimum atomic E-state index is -3.54. The summed E-state index contributed by atoms with van der Waals surface area (Å²) in [7, 11) is 1.77. The highest BCUT2D eigenvalue weighted by atomic mass is 32.2. The van der Waals surface area contributed by atoms with E-state index in [4.69, 9.17) is 5.11 Å². The molecule has 0 aromatic heterocycles. The van der Waals surface area contributed by atoms with Gasteiger partial charge in [-0.2, -0.15) is 0 Å². The Kier molecular flexibility index (Phi) is 5.52. The molecule has 0 atom stereocenters. The van der Waals surface area contributed by atoms with E-state index in [1.165, 1.54) is 11.4 Å². The van der Waals surface area contributed by atoms with Crippen LogP contribution in [0.2, 0.25) is 0 Å². The number of benzene rings is 1. The topological polar surface area (TPSA) is 77.9 Å². The van der Waals surface area contributed by atoms with Gasteiger partial charge in [0.05, 0.1) is 12.2 Å². The van der Waals surface area contributed by atoms with Crippen LogP contribution < -0.4 is 4.90 Å². The van der Waals surface area contributed by atoms with Gasteiger partial charge in [-0.3, -0.25) is 4.79 Å². The van der Waals surface area contributed by atoms with Gasteiger partial charge >= 0.3 is 5.97 Å². The summed E-state index contributed by atoms with van der Waals surface area (Å²) in [5.41, 5.74) is 1.89. The zero-order valence-corrected chi connectivity index (χ0v) is 12.7. The van der Waals surface area contributed by atoms with Crippen LogP contribution in [0.1, 0.15) is 12.0 Å². The molecule has 0 unspecified atom stereocenters. The lowest BCUT2D eigenvalue weighted by atomic mass is 10.2. The maximum atomic E-state index is 11.9. The Morgan fingerprint density at radius 2 is 1.70 bits per heavy atom. The Balaban J connectivity index is 2.69. The second-order valence-electron chi connectivity index (χ2n) is 4.78. The molecule has 0 saturated heterocycles. The van der Waals surface area contributed by atoms with Gasteiger partial charge in [0.1, 0.15) is 0 Å². The fourth-order valence-corrected chi connectivity index (χ4v) is 2.72. The SMILES string of the molecule is CN(C)c1ccc(CN(C)S(=O)(=O)CCC(=O)O)cc1. The third-order valence-corrected chi connectivity index (χ3v) is 4.71. The molecule has 0 spiro atoms. The summed E-state index contributed by atoms with van der Waals surface area (Å²) in [6, 6.07) is 7.54. The van der Waals surface area contributed by atoms with Crippen LogP contribution >= 0.6 is 0 Å². The smallest absolute Gasteiger partial charge is 0.304 e. The number of nitrogens with zero attached hydrogens (tertiary/aromatic N) is 2. The van der Waals surface area contributed by atoms with E-state index < -0.39 is 16.0 Å². The molecule has 0 heterocycles. The first kappa shape index (κ1) is 16.5. The number of carboxylic acid groups (broad SMARTS) is 1. The van der Waals surface area contributed by atoms with Gasteiger partial charge in [0.25, 0.3) is 0 Å². The summed E-state index contributed by atoms with van der Waals surface area (Å²) in [5, 5.41) is 8.54. The van der Waals surface area contributed by atoms with Crippen LogP contribution in [-0.2, 0) is 21.4 Å². The van der Waals surface area contributed by atoms with Gasteiger partial charge in [-0.25, -0.2) is 12.7 Å². The van der Waals surface area contributed by atoms with Crippen molar-refractivity contribution in [3.05, 3.63) is 29.8 Å². The molecule has 1 aromatic carbocycles. The van der Waals surface area contributed by atoms with Crippen LogP contribution in [0, 0.1) is 0 Å². The van der Waals surface area contributed by atoms with Crippen molar-refractivity contribution in [1.29, 1.82) is 0 Å². The zero-order chi connectivity index (χ0) is 15.3. The summed E-state index contributed by atoms with van der Waals surface area (Å²) in [4.78, 5) is 12.4. The third-order valence-electron chi connectivity index (χ3n) is 2.91. The average Bonchev–Trinajstić information content (AvgIpc) is 2.37. The Labute approximate surface area is 119 Å². The maximum Gasteiger partial charge on any atom is 0.304 e. The first-order valence-corrected chi connectivity index (χ1v) is 7.75. The number of anilines is 1. The molecule has 6 nitrogen and oxygen atoms in total. The molecular formula is C13H20N2O4S. The minimum absolute atomic E-state index is 0.232. The molecule has 0 amide bonds. The Morgan fingerprint density at radius 1 is 1.15 bits per heavy atom. The Morgan fingerprint density at radius 3 is 2.15 bits per heavy atom. The summed E-state index contributed by atoms with van der Waals surface area (Å²) in [6.07, 6.45) is -0.383. The Hall–Kier alpha value is -1.60. The predicted molar refractivity (Wildman–Crippen MR) is 78.3 cm³/mol. The lowest BCUT2D eigenvalue weighted by Crippen LogP contribution is -2.29. The number of sulfonamides is 1. The number of carbonyl (C=O) groups is 1. The van der Waals surface area contributed by atoms with E-state index >= 15 is 0 Å². The number of aliphatic carboxylic acids is 1. The Bertz CT molecular complexity index is 552. The van der Waals surface area contributed by atoms with Crippen molar-refractivity contribution in [2.45, 2.75) is 13.0 Å². The minimum Gasteiger partial charge on any atom is -0.481 e. The number of hydrogen-bond acceptors (Lipinski definition) is 4. The monoisotopic (exact) mass is 300 g/mol. The van der Waals surface area contributed by atoms with E-state index in [0.29, 0.717) is 0 Å². The van der Waals surface area contributed by atoms with E-state index in [1.807, 2.05) is 43.3 Å². The highest BCUT2D eigenvalue weighted by Crippen LogP contribution is 2.14. The molecule has 112 valence electrons. The van der Waals surface area contributed by atoms with Crippen LogP contribution in [0.5, 0.6) is 0 Å². The van der Waals surface area contributed by atoms with E-state index in [9.17, 15) is 13.2 Å². The summed E-state index contributed by atoms with van der Waals surface area (Å²) < 4.78 is 24.9. The van der Waals surface area contributed by atoms with Crippen LogP contribution in [0.3, 0.4) is 0 Å². The molecule has 7 heteroatoms. The number of carboxylic acids is 1. The standard InChI is InChI=1S/C13H20N2O4S/c1-14(2)12-6-4-11(5-7-12)10-15(3)20(18,19)9-8-13(16)17/h4-7H,8-10H2,1-3H3,(H,16,17). The van der Waals surface area contributed by atoms with Crippen molar-refractivity contribution in [1.82, 2.24) is 4.31 Å². The lowest BCUT2D eigenvalue weighted by Gasteiger charge is -2.18. The highest BCUT2D eigenvalue weighted by molar-refractivity contribution is 7.89. The third kappa shape index (κ3) is 4.82.